The number of piperazine rings is 1. The molecule has 0 spiro atoms. The Morgan fingerprint density at radius 3 is 2.37 bits per heavy atom. The van der Waals surface area contributed by atoms with Crippen molar-refractivity contribution in [1.29, 1.82) is 0 Å². The summed E-state index contributed by atoms with van der Waals surface area (Å²) in [6, 6.07) is 0.602. The number of thiocarbonyl (C=S) groups is 1. The molecule has 1 atom stereocenters. The average Bonchev–Trinajstić information content (AvgIpc) is 2.90. The highest BCUT2D eigenvalue weighted by Crippen LogP contribution is 2.18. The van der Waals surface area contributed by atoms with Crippen LogP contribution in [0.25, 0.3) is 0 Å². The van der Waals surface area contributed by atoms with E-state index in [9.17, 15) is 4.79 Å². The fraction of sp³-hybridized carbons (Fsp3) is 0.846. The van der Waals surface area contributed by atoms with E-state index >= 15 is 0 Å². The Hall–Kier alpha value is -0.880. The number of nitrogens with one attached hydrogen (secondary N) is 1. The largest absolute Gasteiger partial charge is 0.392 e. The first-order valence-corrected chi connectivity index (χ1v) is 7.57. The van der Waals surface area contributed by atoms with Gasteiger partial charge in [0.2, 0.25) is 0 Å². The van der Waals surface area contributed by atoms with Gasteiger partial charge in [-0.15, -0.1) is 0 Å². The van der Waals surface area contributed by atoms with Crippen molar-refractivity contribution in [2.45, 2.75) is 44.7 Å². The van der Waals surface area contributed by atoms with Crippen LogP contribution in [0.5, 0.6) is 0 Å². The first kappa shape index (κ1) is 14.5. The topological polar surface area (TPSA) is 61.6 Å². The second-order valence-electron chi connectivity index (χ2n) is 5.53. The summed E-state index contributed by atoms with van der Waals surface area (Å²) in [6.45, 7) is 5.22. The fourth-order valence-electron chi connectivity index (χ4n) is 2.83. The highest BCUT2D eigenvalue weighted by atomic mass is 32.1. The molecule has 1 aliphatic carbocycles. The van der Waals surface area contributed by atoms with E-state index < -0.39 is 0 Å². The molecule has 0 aromatic carbocycles. The molecule has 1 saturated heterocycles. The van der Waals surface area contributed by atoms with Gasteiger partial charge in [0.15, 0.2) is 0 Å². The predicted molar refractivity (Wildman–Crippen MR) is 80.2 cm³/mol. The summed E-state index contributed by atoms with van der Waals surface area (Å²) in [6.07, 6.45) is 4.74. The molecule has 108 valence electrons. The fourth-order valence-corrected chi connectivity index (χ4v) is 2.98. The van der Waals surface area contributed by atoms with Crippen LogP contribution in [0.1, 0.15) is 32.6 Å². The number of hydrogen-bond donors (Lipinski definition) is 2. The van der Waals surface area contributed by atoms with Gasteiger partial charge < -0.3 is 16.0 Å². The van der Waals surface area contributed by atoms with Gasteiger partial charge in [-0.1, -0.05) is 25.1 Å². The molecule has 1 aliphatic heterocycles. The normalized spacial score (nSPS) is 23.3. The maximum absolute atomic E-state index is 12.1. The number of rotatable bonds is 3. The molecular formula is C13H24N4OS. The third-order valence-corrected chi connectivity index (χ3v) is 4.58. The summed E-state index contributed by atoms with van der Waals surface area (Å²) in [7, 11) is 0. The zero-order chi connectivity index (χ0) is 13.8. The van der Waals surface area contributed by atoms with Crippen molar-refractivity contribution >= 4 is 23.2 Å². The Kier molecular flexibility index (Phi) is 4.99. The summed E-state index contributed by atoms with van der Waals surface area (Å²) in [5.41, 5.74) is 5.67. The van der Waals surface area contributed by atoms with Gasteiger partial charge >= 0.3 is 6.03 Å². The third kappa shape index (κ3) is 3.79. The number of carbonyl (C=O) groups is 1. The van der Waals surface area contributed by atoms with E-state index in [1.807, 2.05) is 11.8 Å². The molecule has 0 bridgehead atoms. The molecule has 6 heteroatoms. The quantitative estimate of drug-likeness (QED) is 0.757. The molecule has 0 aromatic rings. The van der Waals surface area contributed by atoms with E-state index in [1.165, 1.54) is 12.8 Å². The lowest BCUT2D eigenvalue weighted by Gasteiger charge is -2.38. The van der Waals surface area contributed by atoms with Gasteiger partial charge in [0.1, 0.15) is 0 Å². The van der Waals surface area contributed by atoms with Crippen LogP contribution >= 0.6 is 12.2 Å². The number of hydrogen-bond acceptors (Lipinski definition) is 3. The summed E-state index contributed by atoms with van der Waals surface area (Å²) in [5.74, 6) is 0. The van der Waals surface area contributed by atoms with E-state index in [-0.39, 0.29) is 12.1 Å². The number of nitrogens with two attached hydrogens (primary N) is 1. The van der Waals surface area contributed by atoms with Gasteiger partial charge in [0.05, 0.1) is 11.0 Å². The molecule has 2 fully saturated rings. The summed E-state index contributed by atoms with van der Waals surface area (Å²) in [4.78, 5) is 16.8. The molecule has 1 unspecified atom stereocenters. The van der Waals surface area contributed by atoms with Crippen molar-refractivity contribution in [2.24, 2.45) is 5.73 Å². The van der Waals surface area contributed by atoms with Crippen molar-refractivity contribution in [3.8, 4) is 0 Å². The van der Waals surface area contributed by atoms with Gasteiger partial charge in [-0.25, -0.2) is 4.79 Å². The number of amides is 2. The summed E-state index contributed by atoms with van der Waals surface area (Å²) in [5, 5.41) is 3.13. The molecule has 0 radical (unpaired) electrons. The number of nitrogens with zero attached hydrogens (tertiary/aromatic N) is 2. The van der Waals surface area contributed by atoms with Crippen LogP contribution in [-0.4, -0.2) is 59.1 Å². The van der Waals surface area contributed by atoms with Gasteiger partial charge in [0.25, 0.3) is 0 Å². The lowest BCUT2D eigenvalue weighted by Crippen LogP contribution is -2.56. The van der Waals surface area contributed by atoms with Gasteiger partial charge in [-0.05, 0) is 19.8 Å². The van der Waals surface area contributed by atoms with Crippen LogP contribution in [0.2, 0.25) is 0 Å². The molecule has 2 aliphatic rings. The SMILES string of the molecule is CC(C(N)=S)N1CCN(C(=O)NC2CCCC2)CC1. The molecule has 2 rings (SSSR count). The van der Waals surface area contributed by atoms with E-state index in [0.717, 1.165) is 39.0 Å². The summed E-state index contributed by atoms with van der Waals surface area (Å²) < 4.78 is 0. The molecule has 5 nitrogen and oxygen atoms in total. The van der Waals surface area contributed by atoms with E-state index in [0.29, 0.717) is 11.0 Å². The zero-order valence-electron chi connectivity index (χ0n) is 11.6. The smallest absolute Gasteiger partial charge is 0.317 e. The minimum Gasteiger partial charge on any atom is -0.392 e. The lowest BCUT2D eigenvalue weighted by atomic mass is 10.2. The van der Waals surface area contributed by atoms with Crippen molar-refractivity contribution in [3.63, 3.8) is 0 Å². The highest BCUT2D eigenvalue weighted by Gasteiger charge is 2.26. The van der Waals surface area contributed by atoms with Crippen molar-refractivity contribution in [1.82, 2.24) is 15.1 Å². The van der Waals surface area contributed by atoms with Gasteiger partial charge in [-0.3, -0.25) is 4.90 Å². The highest BCUT2D eigenvalue weighted by molar-refractivity contribution is 7.80. The average molecular weight is 284 g/mol. The first-order chi connectivity index (χ1) is 9.08. The van der Waals surface area contributed by atoms with Crippen LogP contribution < -0.4 is 11.1 Å². The van der Waals surface area contributed by atoms with Crippen LogP contribution in [0.15, 0.2) is 0 Å². The molecule has 3 N–H and O–H groups in total. The molecular weight excluding hydrogens is 260 g/mol. The third-order valence-electron chi connectivity index (χ3n) is 4.24. The van der Waals surface area contributed by atoms with Crippen molar-refractivity contribution in [2.75, 3.05) is 26.2 Å². The first-order valence-electron chi connectivity index (χ1n) is 7.16. The Morgan fingerprint density at radius 1 is 1.26 bits per heavy atom. The molecule has 0 aromatic heterocycles. The zero-order valence-corrected chi connectivity index (χ0v) is 12.4. The lowest BCUT2D eigenvalue weighted by molar-refractivity contribution is 0.130. The van der Waals surface area contributed by atoms with E-state index in [1.54, 1.807) is 0 Å². The minimum absolute atomic E-state index is 0.0922. The van der Waals surface area contributed by atoms with Crippen LogP contribution in [0.3, 0.4) is 0 Å². The molecule has 19 heavy (non-hydrogen) atoms. The number of urea groups is 1. The Labute approximate surface area is 120 Å². The van der Waals surface area contributed by atoms with Crippen LogP contribution in [0.4, 0.5) is 4.79 Å². The maximum atomic E-state index is 12.1. The Balaban J connectivity index is 1.76. The maximum Gasteiger partial charge on any atom is 0.317 e. The van der Waals surface area contributed by atoms with Crippen LogP contribution in [-0.2, 0) is 0 Å². The monoisotopic (exact) mass is 284 g/mol. The van der Waals surface area contributed by atoms with Gasteiger partial charge in [0, 0.05) is 32.2 Å². The van der Waals surface area contributed by atoms with E-state index in [4.69, 9.17) is 18.0 Å². The molecule has 1 heterocycles. The predicted octanol–water partition coefficient (Wildman–Crippen LogP) is 0.931. The van der Waals surface area contributed by atoms with Crippen molar-refractivity contribution < 1.29 is 4.79 Å². The van der Waals surface area contributed by atoms with E-state index in [2.05, 4.69) is 10.2 Å². The Morgan fingerprint density at radius 2 is 1.84 bits per heavy atom. The molecule has 2 amide bonds. The minimum atomic E-state index is 0.0922. The second-order valence-corrected chi connectivity index (χ2v) is 6.00. The second kappa shape index (κ2) is 6.52. The van der Waals surface area contributed by atoms with Crippen molar-refractivity contribution in [3.05, 3.63) is 0 Å². The van der Waals surface area contributed by atoms with Crippen LogP contribution in [0, 0.1) is 0 Å². The Bertz CT molecular complexity index is 336. The standard InChI is InChI=1S/C13H24N4OS/c1-10(12(14)19)16-6-8-17(9-7-16)13(18)15-11-4-2-3-5-11/h10-11H,2-9H2,1H3,(H2,14,19)(H,15,18). The summed E-state index contributed by atoms with van der Waals surface area (Å²) >= 11 is 5.02. The molecule has 1 saturated carbocycles. The van der Waals surface area contributed by atoms with Gasteiger partial charge in [-0.2, -0.15) is 0 Å². The number of carbonyl (C=O) groups excluding carboxylic acids is 1.